The van der Waals surface area contributed by atoms with Crippen LogP contribution in [0.5, 0.6) is 0 Å². The number of aliphatic hydroxyl groups is 1. The molecule has 0 aromatic heterocycles. The first-order valence-electron chi connectivity index (χ1n) is 7.00. The molecule has 2 N–H and O–H groups in total. The average Bonchev–Trinajstić information content (AvgIpc) is 2.45. The van der Waals surface area contributed by atoms with E-state index in [1.54, 1.807) is 18.0 Å². The number of benzene rings is 1. The van der Waals surface area contributed by atoms with Gasteiger partial charge < -0.3 is 15.3 Å². The van der Waals surface area contributed by atoms with Crippen LogP contribution in [-0.2, 0) is 9.59 Å². The van der Waals surface area contributed by atoms with Crippen LogP contribution in [0.1, 0.15) is 37.4 Å². The van der Waals surface area contributed by atoms with E-state index in [-0.39, 0.29) is 30.8 Å². The second-order valence-corrected chi connectivity index (χ2v) is 5.24. The molecule has 0 bridgehead atoms. The van der Waals surface area contributed by atoms with Crippen LogP contribution in [0.3, 0.4) is 0 Å². The molecular formula is C16H20N2O3. The van der Waals surface area contributed by atoms with Gasteiger partial charge in [-0.25, -0.2) is 0 Å². The third-order valence-corrected chi connectivity index (χ3v) is 3.44. The van der Waals surface area contributed by atoms with Crippen molar-refractivity contribution in [1.29, 1.82) is 0 Å². The Morgan fingerprint density at radius 2 is 2.10 bits per heavy atom. The van der Waals surface area contributed by atoms with Gasteiger partial charge >= 0.3 is 0 Å². The molecular weight excluding hydrogens is 268 g/mol. The molecule has 0 aliphatic carbocycles. The van der Waals surface area contributed by atoms with Gasteiger partial charge in [-0.3, -0.25) is 9.59 Å². The monoisotopic (exact) mass is 288 g/mol. The zero-order chi connectivity index (χ0) is 15.4. The van der Waals surface area contributed by atoms with Crippen molar-refractivity contribution in [2.45, 2.75) is 32.4 Å². The van der Waals surface area contributed by atoms with Gasteiger partial charge in [0.1, 0.15) is 0 Å². The van der Waals surface area contributed by atoms with Gasteiger partial charge in [0, 0.05) is 19.7 Å². The van der Waals surface area contributed by atoms with Crippen molar-refractivity contribution in [3.05, 3.63) is 41.6 Å². The van der Waals surface area contributed by atoms with Crippen molar-refractivity contribution in [2.24, 2.45) is 0 Å². The SMILES string of the molecule is CC(=O)N1C=Cc2ccccc2C1CC(=O)NCC(C)O. The number of carbonyl (C=O) groups is 2. The fourth-order valence-electron chi connectivity index (χ4n) is 2.42. The van der Waals surface area contributed by atoms with E-state index in [1.165, 1.54) is 6.92 Å². The minimum atomic E-state index is -0.587. The summed E-state index contributed by atoms with van der Waals surface area (Å²) in [6.45, 7) is 3.31. The molecule has 112 valence electrons. The number of rotatable bonds is 4. The highest BCUT2D eigenvalue weighted by atomic mass is 16.3. The minimum absolute atomic E-state index is 0.103. The number of amides is 2. The predicted octanol–water partition coefficient (Wildman–Crippen LogP) is 1.45. The molecule has 5 heteroatoms. The van der Waals surface area contributed by atoms with Gasteiger partial charge in [-0.2, -0.15) is 0 Å². The van der Waals surface area contributed by atoms with Gasteiger partial charge in [0.25, 0.3) is 0 Å². The van der Waals surface area contributed by atoms with Crippen LogP contribution < -0.4 is 5.32 Å². The highest BCUT2D eigenvalue weighted by molar-refractivity contribution is 5.81. The van der Waals surface area contributed by atoms with E-state index in [2.05, 4.69) is 5.32 Å². The van der Waals surface area contributed by atoms with Crippen LogP contribution in [0, 0.1) is 0 Å². The minimum Gasteiger partial charge on any atom is -0.392 e. The molecule has 1 aromatic carbocycles. The standard InChI is InChI=1S/C16H20N2O3/c1-11(19)10-17-16(21)9-15-14-6-4-3-5-13(14)7-8-18(15)12(2)20/h3-8,11,15,19H,9-10H2,1-2H3,(H,17,21). The fraction of sp³-hybridized carbons (Fsp3) is 0.375. The number of fused-ring (bicyclic) bond motifs is 1. The van der Waals surface area contributed by atoms with Gasteiger partial charge in [-0.05, 0) is 24.1 Å². The third-order valence-electron chi connectivity index (χ3n) is 3.44. The number of carbonyl (C=O) groups excluding carboxylic acids is 2. The maximum absolute atomic E-state index is 12.0. The molecule has 21 heavy (non-hydrogen) atoms. The van der Waals surface area contributed by atoms with Gasteiger partial charge in [0.05, 0.1) is 18.6 Å². The first-order chi connectivity index (χ1) is 9.99. The van der Waals surface area contributed by atoms with Crippen LogP contribution in [0.15, 0.2) is 30.5 Å². The summed E-state index contributed by atoms with van der Waals surface area (Å²) in [6.07, 6.45) is 3.18. The lowest BCUT2D eigenvalue weighted by atomic mass is 9.93. The summed E-state index contributed by atoms with van der Waals surface area (Å²) in [6, 6.07) is 7.41. The summed E-state index contributed by atoms with van der Waals surface area (Å²) in [5.41, 5.74) is 1.98. The molecule has 0 fully saturated rings. The number of nitrogens with zero attached hydrogens (tertiary/aromatic N) is 1. The Morgan fingerprint density at radius 3 is 2.76 bits per heavy atom. The van der Waals surface area contributed by atoms with Crippen molar-refractivity contribution < 1.29 is 14.7 Å². The molecule has 5 nitrogen and oxygen atoms in total. The van der Waals surface area contributed by atoms with Crippen molar-refractivity contribution in [3.63, 3.8) is 0 Å². The lowest BCUT2D eigenvalue weighted by Gasteiger charge is -2.32. The van der Waals surface area contributed by atoms with Crippen LogP contribution in [0.25, 0.3) is 6.08 Å². The summed E-state index contributed by atoms with van der Waals surface area (Å²) in [5.74, 6) is -0.286. The third kappa shape index (κ3) is 3.70. The molecule has 1 heterocycles. The van der Waals surface area contributed by atoms with E-state index in [0.29, 0.717) is 0 Å². The first kappa shape index (κ1) is 15.3. The Balaban J connectivity index is 2.18. The largest absolute Gasteiger partial charge is 0.392 e. The predicted molar refractivity (Wildman–Crippen MR) is 80.0 cm³/mol. The van der Waals surface area contributed by atoms with Crippen LogP contribution >= 0.6 is 0 Å². The Morgan fingerprint density at radius 1 is 1.38 bits per heavy atom. The Labute approximate surface area is 124 Å². The van der Waals surface area contributed by atoms with Crippen molar-refractivity contribution in [1.82, 2.24) is 10.2 Å². The Bertz CT molecular complexity index is 566. The summed E-state index contributed by atoms with van der Waals surface area (Å²) in [4.78, 5) is 25.4. The lowest BCUT2D eigenvalue weighted by molar-refractivity contribution is -0.130. The number of aliphatic hydroxyl groups excluding tert-OH is 1. The summed E-state index contributed by atoms with van der Waals surface area (Å²) < 4.78 is 0. The van der Waals surface area contributed by atoms with Gasteiger partial charge in [-0.1, -0.05) is 24.3 Å². The molecule has 0 radical (unpaired) electrons. The fourth-order valence-corrected chi connectivity index (χ4v) is 2.42. The molecule has 0 saturated heterocycles. The maximum Gasteiger partial charge on any atom is 0.223 e. The van der Waals surface area contributed by atoms with E-state index in [9.17, 15) is 14.7 Å². The van der Waals surface area contributed by atoms with Crippen LogP contribution in [-0.4, -0.2) is 34.5 Å². The van der Waals surface area contributed by atoms with E-state index in [1.807, 2.05) is 30.3 Å². The van der Waals surface area contributed by atoms with Crippen molar-refractivity contribution in [3.8, 4) is 0 Å². The van der Waals surface area contributed by atoms with Crippen molar-refractivity contribution >= 4 is 17.9 Å². The number of hydrogen-bond donors (Lipinski definition) is 2. The molecule has 2 rings (SSSR count). The smallest absolute Gasteiger partial charge is 0.223 e. The Kier molecular flexibility index (Phi) is 4.75. The molecule has 2 atom stereocenters. The molecule has 1 aliphatic rings. The van der Waals surface area contributed by atoms with E-state index >= 15 is 0 Å². The quantitative estimate of drug-likeness (QED) is 0.881. The van der Waals surface area contributed by atoms with E-state index < -0.39 is 6.10 Å². The maximum atomic E-state index is 12.0. The van der Waals surface area contributed by atoms with E-state index in [4.69, 9.17) is 0 Å². The van der Waals surface area contributed by atoms with Crippen molar-refractivity contribution in [2.75, 3.05) is 6.54 Å². The van der Waals surface area contributed by atoms with Gasteiger partial charge in [-0.15, -0.1) is 0 Å². The number of hydrogen-bond acceptors (Lipinski definition) is 3. The second-order valence-electron chi connectivity index (χ2n) is 5.24. The molecule has 2 amide bonds. The highest BCUT2D eigenvalue weighted by Gasteiger charge is 2.27. The molecule has 1 aliphatic heterocycles. The summed E-state index contributed by atoms with van der Waals surface area (Å²) in [5, 5.41) is 11.9. The topological polar surface area (TPSA) is 69.6 Å². The van der Waals surface area contributed by atoms with Crippen LogP contribution in [0.2, 0.25) is 0 Å². The van der Waals surface area contributed by atoms with E-state index in [0.717, 1.165) is 11.1 Å². The van der Waals surface area contributed by atoms with Gasteiger partial charge in [0.15, 0.2) is 0 Å². The number of nitrogens with one attached hydrogen (secondary N) is 1. The molecule has 0 saturated carbocycles. The van der Waals surface area contributed by atoms with Gasteiger partial charge in [0.2, 0.25) is 11.8 Å². The summed E-state index contributed by atoms with van der Waals surface area (Å²) in [7, 11) is 0. The Hall–Kier alpha value is -2.14. The molecule has 2 unspecified atom stereocenters. The average molecular weight is 288 g/mol. The summed E-state index contributed by atoms with van der Waals surface area (Å²) >= 11 is 0. The zero-order valence-electron chi connectivity index (χ0n) is 12.2. The second kappa shape index (κ2) is 6.54. The zero-order valence-corrected chi connectivity index (χ0v) is 12.2. The lowest BCUT2D eigenvalue weighted by Crippen LogP contribution is -2.37. The first-order valence-corrected chi connectivity index (χ1v) is 7.00. The molecule has 1 aromatic rings. The normalized spacial score (nSPS) is 18.0. The highest BCUT2D eigenvalue weighted by Crippen LogP contribution is 2.32. The van der Waals surface area contributed by atoms with Crippen LogP contribution in [0.4, 0.5) is 0 Å². The molecule has 0 spiro atoms.